The van der Waals surface area contributed by atoms with Gasteiger partial charge in [0.1, 0.15) is 17.9 Å². The molecule has 2 rings (SSSR count). The fraction of sp³-hybridized carbons (Fsp3) is 0.333. The lowest BCUT2D eigenvalue weighted by molar-refractivity contribution is -0.122. The van der Waals surface area contributed by atoms with Crippen LogP contribution in [0.25, 0.3) is 0 Å². The van der Waals surface area contributed by atoms with Crippen LogP contribution in [0.3, 0.4) is 0 Å². The normalized spacial score (nSPS) is 24.1. The molecule has 1 aromatic rings. The molecule has 1 aliphatic heterocycles. The average Bonchev–Trinajstić information content (AvgIpc) is 2.45. The molecule has 0 spiro atoms. The number of carbonyl (C=O) groups excluding carboxylic acids is 2. The van der Waals surface area contributed by atoms with Gasteiger partial charge in [-0.3, -0.25) is 9.59 Å². The first-order valence-corrected chi connectivity index (χ1v) is 8.24. The Bertz CT molecular complexity index is 757. The highest BCUT2D eigenvalue weighted by atomic mass is 35.5. The number of nitrogens with two attached hydrogens (primary N) is 1. The van der Waals surface area contributed by atoms with Gasteiger partial charge in [-0.2, -0.15) is 17.4 Å². The van der Waals surface area contributed by atoms with E-state index in [1.165, 1.54) is 19.2 Å². The third kappa shape index (κ3) is 3.78. The van der Waals surface area contributed by atoms with Crippen LogP contribution in [0.5, 0.6) is 0 Å². The molecule has 4 N–H and O–H groups in total. The lowest BCUT2D eigenvalue weighted by atomic mass is 10.1. The van der Waals surface area contributed by atoms with Crippen molar-refractivity contribution in [3.8, 4) is 0 Å². The highest BCUT2D eigenvalue weighted by Crippen LogP contribution is 2.22. The van der Waals surface area contributed by atoms with Crippen LogP contribution in [0.2, 0.25) is 5.02 Å². The van der Waals surface area contributed by atoms with Gasteiger partial charge in [0.2, 0.25) is 11.8 Å². The lowest BCUT2D eigenvalue weighted by Crippen LogP contribution is -2.61. The third-order valence-corrected chi connectivity index (χ3v) is 5.29. The van der Waals surface area contributed by atoms with Crippen molar-refractivity contribution in [3.05, 3.63) is 29.0 Å². The van der Waals surface area contributed by atoms with Crippen LogP contribution >= 0.6 is 11.6 Å². The topological polar surface area (TPSA) is 122 Å². The standard InChI is InChI=1S/C12H14ClFN4O4S/c1-18-10(5-9(11(15)19)17-23(18,21)22)12(20)16-6-2-3-8(14)7(13)4-6/h2-4,9-10,17H,5H2,1H3,(H2,15,19)(H,16,20). The molecule has 2 amide bonds. The summed E-state index contributed by atoms with van der Waals surface area (Å²) >= 11 is 5.62. The van der Waals surface area contributed by atoms with Gasteiger partial charge in [-0.15, -0.1) is 0 Å². The smallest absolute Gasteiger partial charge is 0.280 e. The van der Waals surface area contributed by atoms with Crippen molar-refractivity contribution in [3.63, 3.8) is 0 Å². The third-order valence-electron chi connectivity index (χ3n) is 3.40. The Balaban J connectivity index is 2.22. The van der Waals surface area contributed by atoms with Gasteiger partial charge in [0, 0.05) is 12.7 Å². The molecule has 0 bridgehead atoms. The highest BCUT2D eigenvalue weighted by molar-refractivity contribution is 7.87. The van der Waals surface area contributed by atoms with Crippen LogP contribution in [0, 0.1) is 5.82 Å². The summed E-state index contributed by atoms with van der Waals surface area (Å²) < 4.78 is 39.8. The molecule has 1 aromatic carbocycles. The maximum atomic E-state index is 13.1. The molecule has 11 heteroatoms. The van der Waals surface area contributed by atoms with Crippen LogP contribution in [-0.2, 0) is 19.8 Å². The number of anilines is 1. The molecule has 1 aliphatic rings. The molecule has 1 saturated heterocycles. The summed E-state index contributed by atoms with van der Waals surface area (Å²) in [6.45, 7) is 0. The molecule has 2 unspecified atom stereocenters. The van der Waals surface area contributed by atoms with E-state index in [0.717, 1.165) is 10.4 Å². The Kier molecular flexibility index (Phi) is 4.90. The Morgan fingerprint density at radius 3 is 2.70 bits per heavy atom. The van der Waals surface area contributed by atoms with E-state index in [1.807, 2.05) is 0 Å². The number of benzene rings is 1. The maximum absolute atomic E-state index is 13.1. The second kappa shape index (κ2) is 6.40. The number of hydrogen-bond donors (Lipinski definition) is 3. The molecule has 8 nitrogen and oxygen atoms in total. The Morgan fingerprint density at radius 2 is 2.13 bits per heavy atom. The number of hydrogen-bond acceptors (Lipinski definition) is 4. The Morgan fingerprint density at radius 1 is 1.48 bits per heavy atom. The largest absolute Gasteiger partial charge is 0.368 e. The Labute approximate surface area is 137 Å². The van der Waals surface area contributed by atoms with Gasteiger partial charge in [0.15, 0.2) is 0 Å². The summed E-state index contributed by atoms with van der Waals surface area (Å²) in [5, 5.41) is 2.24. The molecule has 2 atom stereocenters. The summed E-state index contributed by atoms with van der Waals surface area (Å²) in [6.07, 6.45) is -0.133. The van der Waals surface area contributed by atoms with E-state index in [1.54, 1.807) is 0 Å². The first-order valence-electron chi connectivity index (χ1n) is 6.42. The van der Waals surface area contributed by atoms with E-state index in [9.17, 15) is 22.4 Å². The fourth-order valence-electron chi connectivity index (χ4n) is 2.10. The minimum absolute atomic E-state index is 0.133. The van der Waals surface area contributed by atoms with Crippen molar-refractivity contribution in [1.29, 1.82) is 0 Å². The van der Waals surface area contributed by atoms with E-state index >= 15 is 0 Å². The molecule has 0 saturated carbocycles. The van der Waals surface area contributed by atoms with Crippen molar-refractivity contribution < 1.29 is 22.4 Å². The summed E-state index contributed by atoms with van der Waals surface area (Å²) in [4.78, 5) is 23.5. The zero-order valence-electron chi connectivity index (χ0n) is 11.9. The quantitative estimate of drug-likeness (QED) is 0.688. The monoisotopic (exact) mass is 364 g/mol. The second-order valence-corrected chi connectivity index (χ2v) is 7.13. The predicted octanol–water partition coefficient (Wildman–Crippen LogP) is -0.190. The summed E-state index contributed by atoms with van der Waals surface area (Å²) in [6, 6.07) is 1.19. The lowest BCUT2D eigenvalue weighted by Gasteiger charge is -2.34. The zero-order chi connectivity index (χ0) is 17.4. The van der Waals surface area contributed by atoms with Gasteiger partial charge in [-0.1, -0.05) is 11.6 Å². The first-order chi connectivity index (χ1) is 10.6. The van der Waals surface area contributed by atoms with E-state index in [4.69, 9.17) is 17.3 Å². The van der Waals surface area contributed by atoms with Crippen molar-refractivity contribution in [2.75, 3.05) is 12.4 Å². The van der Waals surface area contributed by atoms with Crippen molar-refractivity contribution in [2.45, 2.75) is 18.5 Å². The summed E-state index contributed by atoms with van der Waals surface area (Å²) in [7, 11) is -2.83. The molecule has 0 aromatic heterocycles. The van der Waals surface area contributed by atoms with Crippen LogP contribution in [0.4, 0.5) is 10.1 Å². The van der Waals surface area contributed by atoms with Crippen LogP contribution in [-0.4, -0.2) is 43.7 Å². The molecule has 1 heterocycles. The van der Waals surface area contributed by atoms with Gasteiger partial charge in [-0.05, 0) is 24.6 Å². The summed E-state index contributed by atoms with van der Waals surface area (Å²) in [5.74, 6) is -2.23. The molecule has 0 aliphatic carbocycles. The highest BCUT2D eigenvalue weighted by Gasteiger charge is 2.42. The number of likely N-dealkylation sites (N-methyl/N-ethyl adjacent to an activating group) is 1. The minimum Gasteiger partial charge on any atom is -0.368 e. The van der Waals surface area contributed by atoms with E-state index in [-0.39, 0.29) is 17.1 Å². The average molecular weight is 365 g/mol. The van der Waals surface area contributed by atoms with E-state index in [2.05, 4.69) is 10.0 Å². The van der Waals surface area contributed by atoms with Gasteiger partial charge < -0.3 is 11.1 Å². The molecule has 0 radical (unpaired) electrons. The van der Waals surface area contributed by atoms with Crippen molar-refractivity contribution in [2.24, 2.45) is 5.73 Å². The Hall–Kier alpha value is -1.75. The van der Waals surface area contributed by atoms with Gasteiger partial charge in [0.25, 0.3) is 10.2 Å². The predicted molar refractivity (Wildman–Crippen MR) is 81.2 cm³/mol. The SMILES string of the molecule is CN1C(C(=O)Nc2ccc(F)c(Cl)c2)CC(C(N)=O)NS1(=O)=O. The number of primary amides is 1. The maximum Gasteiger partial charge on any atom is 0.280 e. The van der Waals surface area contributed by atoms with E-state index in [0.29, 0.717) is 0 Å². The van der Waals surface area contributed by atoms with Crippen molar-refractivity contribution in [1.82, 2.24) is 9.03 Å². The number of halogens is 2. The minimum atomic E-state index is -4.02. The summed E-state index contributed by atoms with van der Waals surface area (Å²) in [5.41, 5.74) is 5.31. The number of carbonyl (C=O) groups is 2. The van der Waals surface area contributed by atoms with Gasteiger partial charge >= 0.3 is 0 Å². The molecular weight excluding hydrogens is 351 g/mol. The van der Waals surface area contributed by atoms with Gasteiger partial charge in [-0.25, -0.2) is 4.39 Å². The van der Waals surface area contributed by atoms with Crippen molar-refractivity contribution >= 4 is 39.3 Å². The zero-order valence-corrected chi connectivity index (χ0v) is 13.5. The molecular formula is C12H14ClFN4O4S. The number of amides is 2. The molecule has 1 fully saturated rings. The van der Waals surface area contributed by atoms with Crippen LogP contribution in [0.15, 0.2) is 18.2 Å². The molecule has 126 valence electrons. The van der Waals surface area contributed by atoms with Crippen LogP contribution < -0.4 is 15.8 Å². The van der Waals surface area contributed by atoms with Gasteiger partial charge in [0.05, 0.1) is 5.02 Å². The number of nitrogens with zero attached hydrogens (tertiary/aromatic N) is 1. The fourth-order valence-corrected chi connectivity index (χ4v) is 3.53. The number of nitrogens with one attached hydrogen (secondary N) is 2. The second-order valence-electron chi connectivity index (χ2n) is 4.96. The van der Waals surface area contributed by atoms with Crippen LogP contribution in [0.1, 0.15) is 6.42 Å². The first kappa shape index (κ1) is 17.6. The molecule has 23 heavy (non-hydrogen) atoms. The number of rotatable bonds is 3. The van der Waals surface area contributed by atoms with E-state index < -0.39 is 39.9 Å².